The molecule has 0 fully saturated rings. The van der Waals surface area contributed by atoms with E-state index in [1.54, 1.807) is 35.8 Å². The van der Waals surface area contributed by atoms with Gasteiger partial charge in [0.2, 0.25) is 5.91 Å². The van der Waals surface area contributed by atoms with Crippen LogP contribution in [-0.4, -0.2) is 25.9 Å². The zero-order chi connectivity index (χ0) is 17.5. The predicted molar refractivity (Wildman–Crippen MR) is 92.9 cm³/mol. The number of carbonyl (C=O) groups excluding carboxylic acids is 1. The summed E-state index contributed by atoms with van der Waals surface area (Å²) >= 11 is 1.21. The fraction of sp³-hybridized carbons (Fsp3) is 0.375. The van der Waals surface area contributed by atoms with E-state index in [0.29, 0.717) is 23.0 Å². The third-order valence-corrected chi connectivity index (χ3v) is 4.51. The van der Waals surface area contributed by atoms with Gasteiger partial charge in [-0.2, -0.15) is 5.26 Å². The Morgan fingerprint density at radius 2 is 2.25 bits per heavy atom. The van der Waals surface area contributed by atoms with E-state index in [1.807, 2.05) is 13.0 Å². The second kappa shape index (κ2) is 8.36. The molecular weight excluding hydrogens is 326 g/mol. The van der Waals surface area contributed by atoms with Gasteiger partial charge in [-0.25, -0.2) is 9.89 Å². The predicted octanol–water partition coefficient (Wildman–Crippen LogP) is 2.36. The van der Waals surface area contributed by atoms with Crippen LogP contribution in [0.4, 0.5) is 5.69 Å². The van der Waals surface area contributed by atoms with E-state index in [0.717, 1.165) is 12.8 Å². The summed E-state index contributed by atoms with van der Waals surface area (Å²) in [4.78, 5) is 24.1. The minimum atomic E-state index is -0.465. The van der Waals surface area contributed by atoms with Crippen LogP contribution in [0.2, 0.25) is 0 Å². The zero-order valence-corrected chi connectivity index (χ0v) is 14.4. The highest BCUT2D eigenvalue weighted by Gasteiger charge is 2.19. The van der Waals surface area contributed by atoms with E-state index >= 15 is 0 Å². The summed E-state index contributed by atoms with van der Waals surface area (Å²) in [5, 5.41) is 18.2. The number of nitrogens with one attached hydrogen (secondary N) is 2. The third-order valence-electron chi connectivity index (χ3n) is 3.42. The molecule has 0 unspecified atom stereocenters. The number of hydrogen-bond acceptors (Lipinski definition) is 5. The number of unbranched alkanes of at least 4 members (excludes halogenated alkanes) is 1. The number of aromatic nitrogens is 3. The molecule has 0 aliphatic rings. The van der Waals surface area contributed by atoms with Crippen LogP contribution in [0, 0.1) is 11.3 Å². The average molecular weight is 345 g/mol. The molecule has 2 aromatic rings. The summed E-state index contributed by atoms with van der Waals surface area (Å²) in [5.74, 6) is -0.250. The number of aromatic amines is 1. The SMILES string of the molecule is CCCCn1c(S[C@@H](C)C(=O)Nc2ccccc2C#N)n[nH]c1=O. The van der Waals surface area contributed by atoms with Crippen LogP contribution < -0.4 is 11.0 Å². The van der Waals surface area contributed by atoms with Crippen molar-refractivity contribution in [1.29, 1.82) is 5.26 Å². The quantitative estimate of drug-likeness (QED) is 0.750. The van der Waals surface area contributed by atoms with Crippen LogP contribution in [0.1, 0.15) is 32.3 Å². The number of amides is 1. The average Bonchev–Trinajstić information content (AvgIpc) is 2.93. The maximum Gasteiger partial charge on any atom is 0.343 e. The Labute approximate surface area is 144 Å². The van der Waals surface area contributed by atoms with Crippen molar-refractivity contribution in [2.45, 2.75) is 43.6 Å². The van der Waals surface area contributed by atoms with E-state index in [4.69, 9.17) is 5.26 Å². The van der Waals surface area contributed by atoms with Crippen molar-refractivity contribution in [2.75, 3.05) is 5.32 Å². The van der Waals surface area contributed by atoms with Gasteiger partial charge >= 0.3 is 5.69 Å². The highest BCUT2D eigenvalue weighted by Crippen LogP contribution is 2.22. The van der Waals surface area contributed by atoms with Gasteiger partial charge in [-0.15, -0.1) is 5.10 Å². The summed E-state index contributed by atoms with van der Waals surface area (Å²) in [7, 11) is 0. The van der Waals surface area contributed by atoms with Crippen molar-refractivity contribution >= 4 is 23.4 Å². The van der Waals surface area contributed by atoms with Crippen molar-refractivity contribution in [3.8, 4) is 6.07 Å². The van der Waals surface area contributed by atoms with Crippen LogP contribution in [-0.2, 0) is 11.3 Å². The topological polar surface area (TPSA) is 104 Å². The summed E-state index contributed by atoms with van der Waals surface area (Å²) in [5.41, 5.74) is 0.610. The van der Waals surface area contributed by atoms with Crippen LogP contribution in [0.5, 0.6) is 0 Å². The molecule has 7 nitrogen and oxygen atoms in total. The number of anilines is 1. The molecule has 0 saturated heterocycles. The molecule has 1 atom stereocenters. The molecule has 1 amide bonds. The highest BCUT2D eigenvalue weighted by atomic mass is 32.2. The molecule has 1 aromatic heterocycles. The molecule has 0 spiro atoms. The lowest BCUT2D eigenvalue weighted by Gasteiger charge is -2.12. The Morgan fingerprint density at radius 3 is 2.96 bits per heavy atom. The lowest BCUT2D eigenvalue weighted by atomic mass is 10.2. The van der Waals surface area contributed by atoms with E-state index in [-0.39, 0.29) is 11.6 Å². The Hall–Kier alpha value is -2.53. The van der Waals surface area contributed by atoms with Crippen LogP contribution in [0.15, 0.2) is 34.2 Å². The number of H-pyrrole nitrogens is 1. The summed E-state index contributed by atoms with van der Waals surface area (Å²) < 4.78 is 1.54. The van der Waals surface area contributed by atoms with E-state index in [2.05, 4.69) is 15.5 Å². The first-order valence-electron chi connectivity index (χ1n) is 7.68. The van der Waals surface area contributed by atoms with Gasteiger partial charge in [-0.1, -0.05) is 37.2 Å². The van der Waals surface area contributed by atoms with Gasteiger partial charge in [0.05, 0.1) is 16.5 Å². The van der Waals surface area contributed by atoms with Gasteiger partial charge < -0.3 is 5.32 Å². The number of para-hydroxylation sites is 1. The molecule has 1 aromatic carbocycles. The monoisotopic (exact) mass is 345 g/mol. The number of thioether (sulfide) groups is 1. The second-order valence-corrected chi connectivity index (χ2v) is 6.53. The van der Waals surface area contributed by atoms with Crippen LogP contribution >= 0.6 is 11.8 Å². The highest BCUT2D eigenvalue weighted by molar-refractivity contribution is 8.00. The summed E-state index contributed by atoms with van der Waals surface area (Å²) in [6.07, 6.45) is 1.83. The lowest BCUT2D eigenvalue weighted by molar-refractivity contribution is -0.115. The Balaban J connectivity index is 2.07. The van der Waals surface area contributed by atoms with Crippen molar-refractivity contribution in [3.63, 3.8) is 0 Å². The largest absolute Gasteiger partial charge is 0.343 e. The maximum atomic E-state index is 12.4. The van der Waals surface area contributed by atoms with Gasteiger partial charge in [0.15, 0.2) is 5.16 Å². The van der Waals surface area contributed by atoms with Gasteiger partial charge in [-0.3, -0.25) is 9.36 Å². The molecule has 2 rings (SSSR count). The van der Waals surface area contributed by atoms with Gasteiger partial charge in [0.25, 0.3) is 0 Å². The van der Waals surface area contributed by atoms with Crippen LogP contribution in [0.3, 0.4) is 0 Å². The number of benzene rings is 1. The number of hydrogen-bond donors (Lipinski definition) is 2. The van der Waals surface area contributed by atoms with Gasteiger partial charge in [0.1, 0.15) is 6.07 Å². The van der Waals surface area contributed by atoms with Crippen molar-refractivity contribution in [2.24, 2.45) is 0 Å². The fourth-order valence-electron chi connectivity index (χ4n) is 2.04. The first-order valence-corrected chi connectivity index (χ1v) is 8.56. The molecule has 0 saturated carbocycles. The van der Waals surface area contributed by atoms with Crippen molar-refractivity contribution in [1.82, 2.24) is 14.8 Å². The summed E-state index contributed by atoms with van der Waals surface area (Å²) in [6, 6.07) is 8.86. The normalized spacial score (nSPS) is 11.7. The maximum absolute atomic E-state index is 12.4. The van der Waals surface area contributed by atoms with E-state index < -0.39 is 5.25 Å². The number of nitrogens with zero attached hydrogens (tertiary/aromatic N) is 3. The minimum absolute atomic E-state index is 0.250. The molecule has 0 aliphatic carbocycles. The Kier molecular flexibility index (Phi) is 6.21. The third kappa shape index (κ3) is 4.26. The fourth-order valence-corrected chi connectivity index (χ4v) is 2.92. The second-order valence-electron chi connectivity index (χ2n) is 5.22. The summed E-state index contributed by atoms with van der Waals surface area (Å²) in [6.45, 7) is 4.35. The zero-order valence-electron chi connectivity index (χ0n) is 13.6. The van der Waals surface area contributed by atoms with Crippen molar-refractivity contribution < 1.29 is 4.79 Å². The molecule has 24 heavy (non-hydrogen) atoms. The van der Waals surface area contributed by atoms with Crippen molar-refractivity contribution in [3.05, 3.63) is 40.3 Å². The van der Waals surface area contributed by atoms with Crippen LogP contribution in [0.25, 0.3) is 0 Å². The Morgan fingerprint density at radius 1 is 1.50 bits per heavy atom. The van der Waals surface area contributed by atoms with Gasteiger partial charge in [0, 0.05) is 6.54 Å². The number of carbonyl (C=O) groups is 1. The first-order chi connectivity index (χ1) is 11.6. The molecule has 0 aliphatic heterocycles. The molecular formula is C16H19N5O2S. The smallest absolute Gasteiger partial charge is 0.324 e. The molecule has 1 heterocycles. The molecule has 126 valence electrons. The Bertz CT molecular complexity index is 805. The first kappa shape index (κ1) is 17.8. The molecule has 0 radical (unpaired) electrons. The molecule has 2 N–H and O–H groups in total. The van der Waals surface area contributed by atoms with E-state index in [1.165, 1.54) is 11.8 Å². The molecule has 0 bridgehead atoms. The van der Waals surface area contributed by atoms with Gasteiger partial charge in [-0.05, 0) is 25.5 Å². The minimum Gasteiger partial charge on any atom is -0.324 e. The molecule has 8 heteroatoms. The number of nitriles is 1. The number of rotatable bonds is 7. The lowest BCUT2D eigenvalue weighted by Crippen LogP contribution is -2.24. The standard InChI is InChI=1S/C16H19N5O2S/c1-3-4-9-21-15(23)19-20-16(21)24-11(2)14(22)18-13-8-6-5-7-12(13)10-17/h5-8,11H,3-4,9H2,1-2H3,(H,18,22)(H,19,23)/t11-/m0/s1. The van der Waals surface area contributed by atoms with E-state index in [9.17, 15) is 9.59 Å².